The Morgan fingerprint density at radius 3 is 2.74 bits per heavy atom. The molecule has 0 bridgehead atoms. The fourth-order valence-electron chi connectivity index (χ4n) is 5.01. The van der Waals surface area contributed by atoms with E-state index < -0.39 is 24.1 Å². The van der Waals surface area contributed by atoms with Crippen molar-refractivity contribution in [2.24, 2.45) is 0 Å². The molecule has 11 nitrogen and oxygen atoms in total. The molecule has 5 aromatic rings. The summed E-state index contributed by atoms with van der Waals surface area (Å²) in [5, 5.41) is 12.6. The second kappa shape index (κ2) is 12.0. The maximum absolute atomic E-state index is 14.0. The number of methoxy groups -OCH3 is 1. The van der Waals surface area contributed by atoms with Gasteiger partial charge in [0, 0.05) is 49.9 Å². The Morgan fingerprint density at radius 2 is 1.93 bits per heavy atom. The van der Waals surface area contributed by atoms with Crippen LogP contribution in [0.3, 0.4) is 0 Å². The molecule has 2 N–H and O–H groups in total. The number of pyridine rings is 3. The van der Waals surface area contributed by atoms with Crippen LogP contribution in [-0.2, 0) is 9.57 Å². The van der Waals surface area contributed by atoms with E-state index in [1.165, 1.54) is 12.3 Å². The standard InChI is InChI=1S/C30H29FN8O3/c1-19-27(21-15-24-23(34-17-21)9-6-11-32-24)37-39(22-7-4-3-5-8-22)29(19)36-30(40)35-25-18-38(13-14-41-2)42-28(25)20-10-12-33-26(31)16-20/h3-12,15-17,25,28H,13-14,18H2,1-2H3,(H2,35,36,40)/t25-,28+/m1/s1. The van der Waals surface area contributed by atoms with Crippen LogP contribution in [0.4, 0.5) is 15.0 Å². The molecule has 1 aliphatic rings. The number of rotatable bonds is 8. The van der Waals surface area contributed by atoms with Gasteiger partial charge in [-0.2, -0.15) is 14.6 Å². The fraction of sp³-hybridized carbons (Fsp3) is 0.233. The molecule has 2 amide bonds. The summed E-state index contributed by atoms with van der Waals surface area (Å²) < 4.78 is 20.8. The van der Waals surface area contributed by atoms with Crippen molar-refractivity contribution in [1.82, 2.24) is 35.1 Å². The molecule has 42 heavy (non-hydrogen) atoms. The highest BCUT2D eigenvalue weighted by molar-refractivity contribution is 5.91. The van der Waals surface area contributed by atoms with Crippen LogP contribution >= 0.6 is 0 Å². The van der Waals surface area contributed by atoms with Gasteiger partial charge in [-0.15, -0.1) is 0 Å². The summed E-state index contributed by atoms with van der Waals surface area (Å²) in [6.45, 7) is 3.20. The number of urea groups is 1. The van der Waals surface area contributed by atoms with Gasteiger partial charge in [-0.1, -0.05) is 18.2 Å². The largest absolute Gasteiger partial charge is 0.383 e. The number of nitrogens with one attached hydrogen (secondary N) is 2. The van der Waals surface area contributed by atoms with Crippen LogP contribution in [-0.4, -0.2) is 68.7 Å². The number of para-hydroxylation sites is 1. The third-order valence-corrected chi connectivity index (χ3v) is 7.05. The Labute approximate surface area is 241 Å². The number of amides is 2. The number of benzene rings is 1. The first kappa shape index (κ1) is 27.4. The van der Waals surface area contributed by atoms with E-state index in [-0.39, 0.29) is 0 Å². The van der Waals surface area contributed by atoms with Gasteiger partial charge in [0.05, 0.1) is 35.1 Å². The molecule has 4 aromatic heterocycles. The molecule has 214 valence electrons. The average molecular weight is 569 g/mol. The molecule has 1 aliphatic heterocycles. The molecule has 0 saturated carbocycles. The number of anilines is 1. The molecule has 12 heteroatoms. The highest BCUT2D eigenvalue weighted by atomic mass is 19.1. The fourth-order valence-corrected chi connectivity index (χ4v) is 5.01. The van der Waals surface area contributed by atoms with Crippen molar-refractivity contribution in [3.63, 3.8) is 0 Å². The van der Waals surface area contributed by atoms with Gasteiger partial charge in [-0.05, 0) is 55.0 Å². The van der Waals surface area contributed by atoms with Crippen molar-refractivity contribution >= 4 is 22.9 Å². The van der Waals surface area contributed by atoms with Crippen molar-refractivity contribution in [3.05, 3.63) is 96.3 Å². The van der Waals surface area contributed by atoms with Crippen LogP contribution in [0, 0.1) is 12.9 Å². The molecule has 2 atom stereocenters. The highest BCUT2D eigenvalue weighted by Crippen LogP contribution is 2.32. The number of nitrogens with zero attached hydrogens (tertiary/aromatic N) is 6. The molecule has 6 rings (SSSR count). The summed E-state index contributed by atoms with van der Waals surface area (Å²) in [6.07, 6.45) is 4.24. The maximum atomic E-state index is 14.0. The maximum Gasteiger partial charge on any atom is 0.320 e. The molecule has 5 heterocycles. The molecule has 0 radical (unpaired) electrons. The third kappa shape index (κ3) is 5.68. The molecule has 1 saturated heterocycles. The number of halogens is 1. The normalized spacial score (nSPS) is 17.0. The Bertz CT molecular complexity index is 1710. The highest BCUT2D eigenvalue weighted by Gasteiger charge is 2.37. The first-order valence-electron chi connectivity index (χ1n) is 13.5. The van der Waals surface area contributed by atoms with Gasteiger partial charge in [-0.3, -0.25) is 20.1 Å². The first-order valence-corrected chi connectivity index (χ1v) is 13.5. The van der Waals surface area contributed by atoms with E-state index in [1.54, 1.807) is 35.3 Å². The van der Waals surface area contributed by atoms with Crippen LogP contribution in [0.25, 0.3) is 28.0 Å². The quantitative estimate of drug-likeness (QED) is 0.264. The average Bonchev–Trinajstić information content (AvgIpc) is 3.56. The van der Waals surface area contributed by atoms with Crippen molar-refractivity contribution in [2.75, 3.05) is 32.1 Å². The van der Waals surface area contributed by atoms with Crippen molar-refractivity contribution < 1.29 is 18.8 Å². The van der Waals surface area contributed by atoms with Gasteiger partial charge in [0.2, 0.25) is 5.95 Å². The Hall–Kier alpha value is -4.78. The van der Waals surface area contributed by atoms with Crippen LogP contribution in [0.2, 0.25) is 0 Å². The number of hydrogen-bond acceptors (Lipinski definition) is 8. The zero-order valence-corrected chi connectivity index (χ0v) is 23.1. The van der Waals surface area contributed by atoms with E-state index >= 15 is 0 Å². The summed E-state index contributed by atoms with van der Waals surface area (Å²) >= 11 is 0. The smallest absolute Gasteiger partial charge is 0.320 e. The lowest BCUT2D eigenvalue weighted by Gasteiger charge is -2.19. The van der Waals surface area contributed by atoms with Crippen molar-refractivity contribution in [1.29, 1.82) is 0 Å². The Balaban J connectivity index is 1.30. The molecular weight excluding hydrogens is 539 g/mol. The number of aromatic nitrogens is 5. The monoisotopic (exact) mass is 568 g/mol. The molecular formula is C30H29FN8O3. The molecule has 0 spiro atoms. The van der Waals surface area contributed by atoms with E-state index in [2.05, 4.69) is 25.6 Å². The number of carbonyl (C=O) groups excluding carboxylic acids is 1. The number of hydroxylamine groups is 2. The summed E-state index contributed by atoms with van der Waals surface area (Å²) in [5.41, 5.74) is 5.05. The minimum Gasteiger partial charge on any atom is -0.383 e. The second-order valence-electron chi connectivity index (χ2n) is 9.86. The van der Waals surface area contributed by atoms with Gasteiger partial charge in [0.25, 0.3) is 0 Å². The summed E-state index contributed by atoms with van der Waals surface area (Å²) in [5.74, 6) is -0.126. The van der Waals surface area contributed by atoms with Gasteiger partial charge in [0.1, 0.15) is 11.9 Å². The molecule has 0 aliphatic carbocycles. The van der Waals surface area contributed by atoms with Gasteiger partial charge >= 0.3 is 6.03 Å². The Morgan fingerprint density at radius 1 is 1.07 bits per heavy atom. The van der Waals surface area contributed by atoms with E-state index in [0.29, 0.717) is 36.8 Å². The summed E-state index contributed by atoms with van der Waals surface area (Å²) in [6, 6.07) is 17.3. The number of ether oxygens (including phenoxy) is 1. The van der Waals surface area contributed by atoms with Crippen LogP contribution < -0.4 is 10.6 Å². The number of carbonyl (C=O) groups is 1. The van der Waals surface area contributed by atoms with Gasteiger partial charge in [-0.25, -0.2) is 14.5 Å². The van der Waals surface area contributed by atoms with Crippen LogP contribution in [0.15, 0.2) is 79.3 Å². The minimum absolute atomic E-state index is 0.378. The van der Waals surface area contributed by atoms with E-state index in [4.69, 9.17) is 14.7 Å². The predicted octanol–water partition coefficient (Wildman–Crippen LogP) is 4.45. The SMILES string of the molecule is COCCN1C[C@@H](NC(=O)Nc2c(C)c(-c3cnc4cccnc4c3)nn2-c2ccccc2)[C@H](c2ccnc(F)c2)O1. The lowest BCUT2D eigenvalue weighted by atomic mass is 10.0. The second-order valence-corrected chi connectivity index (χ2v) is 9.86. The van der Waals surface area contributed by atoms with Crippen molar-refractivity contribution in [2.45, 2.75) is 19.1 Å². The predicted molar refractivity (Wildman–Crippen MR) is 154 cm³/mol. The Kier molecular flexibility index (Phi) is 7.82. The van der Waals surface area contributed by atoms with Crippen LogP contribution in [0.5, 0.6) is 0 Å². The summed E-state index contributed by atoms with van der Waals surface area (Å²) in [4.78, 5) is 32.2. The lowest BCUT2D eigenvalue weighted by Crippen LogP contribution is -2.42. The zero-order valence-electron chi connectivity index (χ0n) is 23.1. The lowest BCUT2D eigenvalue weighted by molar-refractivity contribution is -0.154. The van der Waals surface area contributed by atoms with Crippen molar-refractivity contribution in [3.8, 4) is 16.9 Å². The van der Waals surface area contributed by atoms with E-state index in [9.17, 15) is 9.18 Å². The van der Waals surface area contributed by atoms with Gasteiger partial charge in [0.15, 0.2) is 0 Å². The molecule has 1 fully saturated rings. The molecule has 0 unspecified atom stereocenters. The minimum atomic E-state index is -0.622. The van der Waals surface area contributed by atoms with Gasteiger partial charge < -0.3 is 10.1 Å². The molecule has 1 aromatic carbocycles. The third-order valence-electron chi connectivity index (χ3n) is 7.05. The topological polar surface area (TPSA) is 119 Å². The van der Waals surface area contributed by atoms with E-state index in [0.717, 1.165) is 27.8 Å². The first-order chi connectivity index (χ1) is 20.5. The zero-order chi connectivity index (χ0) is 29.1. The van der Waals surface area contributed by atoms with Crippen LogP contribution in [0.1, 0.15) is 17.2 Å². The van der Waals surface area contributed by atoms with E-state index in [1.807, 2.05) is 55.5 Å². The number of fused-ring (bicyclic) bond motifs is 1. The summed E-state index contributed by atoms with van der Waals surface area (Å²) in [7, 11) is 1.60. The number of hydrogen-bond donors (Lipinski definition) is 2.